The van der Waals surface area contributed by atoms with Gasteiger partial charge >= 0.3 is 0 Å². The van der Waals surface area contributed by atoms with E-state index in [1.807, 2.05) is 32.3 Å². The average Bonchev–Trinajstić information content (AvgIpc) is 2.14. The number of hydrogen-bond donors (Lipinski definition) is 0. The molecule has 0 fully saturated rings. The van der Waals surface area contributed by atoms with Crippen molar-refractivity contribution >= 4 is 0 Å². The molecule has 0 atom stereocenters. The molecule has 0 N–H and O–H groups in total. The smallest absolute Gasteiger partial charge is 0.0888 e. The van der Waals surface area contributed by atoms with Crippen LogP contribution in [-0.2, 0) is 11.3 Å². The Bertz CT molecular complexity index is 224. The van der Waals surface area contributed by atoms with Gasteiger partial charge in [0.05, 0.1) is 18.9 Å². The van der Waals surface area contributed by atoms with Crippen molar-refractivity contribution in [3.63, 3.8) is 0 Å². The molecule has 0 bridgehead atoms. The van der Waals surface area contributed by atoms with Gasteiger partial charge in [0.15, 0.2) is 0 Å². The maximum absolute atomic E-state index is 5.43. The molecule has 1 rings (SSSR count). The molecule has 13 heavy (non-hydrogen) atoms. The third-order valence-corrected chi connectivity index (χ3v) is 1.66. The zero-order valence-corrected chi connectivity index (χ0v) is 8.23. The Labute approximate surface area is 79.3 Å². The fraction of sp³-hybridized carbons (Fsp3) is 0.500. The second-order valence-electron chi connectivity index (χ2n) is 3.18. The zero-order valence-electron chi connectivity index (χ0n) is 8.23. The molecule has 0 spiro atoms. The third-order valence-electron chi connectivity index (χ3n) is 1.66. The Morgan fingerprint density at radius 1 is 1.38 bits per heavy atom. The highest BCUT2D eigenvalue weighted by molar-refractivity contribution is 5.01. The molecule has 1 aromatic heterocycles. The second-order valence-corrected chi connectivity index (χ2v) is 3.18. The minimum atomic E-state index is 0.606. The Morgan fingerprint density at radius 2 is 2.23 bits per heavy atom. The summed E-state index contributed by atoms with van der Waals surface area (Å²) < 4.78 is 5.43. The fourth-order valence-electron chi connectivity index (χ4n) is 0.907. The largest absolute Gasteiger partial charge is 0.374 e. The minimum absolute atomic E-state index is 0.606. The number of rotatable bonds is 5. The summed E-state index contributed by atoms with van der Waals surface area (Å²) in [5, 5.41) is 0. The number of ether oxygens (including phenoxy) is 1. The van der Waals surface area contributed by atoms with Gasteiger partial charge in [-0.15, -0.1) is 0 Å². The summed E-state index contributed by atoms with van der Waals surface area (Å²) in [6, 6.07) is 5.84. The molecule has 0 unspecified atom stereocenters. The Hall–Kier alpha value is -0.930. The van der Waals surface area contributed by atoms with Crippen LogP contribution < -0.4 is 0 Å². The first-order valence-electron chi connectivity index (χ1n) is 4.41. The predicted octanol–water partition coefficient (Wildman–Crippen LogP) is 1.16. The van der Waals surface area contributed by atoms with Crippen molar-refractivity contribution in [2.75, 3.05) is 27.2 Å². The van der Waals surface area contributed by atoms with Gasteiger partial charge in [-0.3, -0.25) is 4.98 Å². The van der Waals surface area contributed by atoms with Crippen LogP contribution in [0.4, 0.5) is 0 Å². The molecule has 0 amide bonds. The van der Waals surface area contributed by atoms with E-state index < -0.39 is 0 Å². The van der Waals surface area contributed by atoms with Crippen molar-refractivity contribution < 1.29 is 4.74 Å². The molecule has 1 aromatic rings. The van der Waals surface area contributed by atoms with E-state index in [9.17, 15) is 0 Å². The summed E-state index contributed by atoms with van der Waals surface area (Å²) in [4.78, 5) is 6.25. The second kappa shape index (κ2) is 5.67. The van der Waals surface area contributed by atoms with E-state index >= 15 is 0 Å². The number of likely N-dealkylation sites (N-methyl/N-ethyl adjacent to an activating group) is 1. The lowest BCUT2D eigenvalue weighted by molar-refractivity contribution is 0.103. The van der Waals surface area contributed by atoms with Crippen LogP contribution in [-0.4, -0.2) is 37.1 Å². The van der Waals surface area contributed by atoms with Crippen LogP contribution in [0.1, 0.15) is 5.69 Å². The van der Waals surface area contributed by atoms with Gasteiger partial charge in [0, 0.05) is 12.7 Å². The highest BCUT2D eigenvalue weighted by Crippen LogP contribution is 1.95. The van der Waals surface area contributed by atoms with E-state index in [-0.39, 0.29) is 0 Å². The van der Waals surface area contributed by atoms with Crippen molar-refractivity contribution in [3.8, 4) is 0 Å². The number of pyridine rings is 1. The van der Waals surface area contributed by atoms with E-state index in [1.165, 1.54) is 0 Å². The van der Waals surface area contributed by atoms with Crippen LogP contribution in [0.3, 0.4) is 0 Å². The summed E-state index contributed by atoms with van der Waals surface area (Å²) in [6.07, 6.45) is 1.78. The van der Waals surface area contributed by atoms with Crippen LogP contribution in [0.2, 0.25) is 0 Å². The summed E-state index contributed by atoms with van der Waals surface area (Å²) in [5.41, 5.74) is 0.987. The van der Waals surface area contributed by atoms with Gasteiger partial charge in [0.25, 0.3) is 0 Å². The maximum atomic E-state index is 5.43. The molecule has 0 saturated carbocycles. The van der Waals surface area contributed by atoms with Crippen LogP contribution >= 0.6 is 0 Å². The van der Waals surface area contributed by atoms with Gasteiger partial charge in [0.2, 0.25) is 0 Å². The van der Waals surface area contributed by atoms with Gasteiger partial charge in [-0.2, -0.15) is 0 Å². The predicted molar refractivity (Wildman–Crippen MR) is 52.4 cm³/mol. The molecule has 3 heteroatoms. The van der Waals surface area contributed by atoms with Crippen molar-refractivity contribution in [1.29, 1.82) is 0 Å². The van der Waals surface area contributed by atoms with Crippen LogP contribution in [0.25, 0.3) is 0 Å². The average molecular weight is 180 g/mol. The molecule has 0 radical (unpaired) electrons. The summed E-state index contributed by atoms with van der Waals surface area (Å²) in [5.74, 6) is 0. The van der Waals surface area contributed by atoms with Crippen LogP contribution in [0, 0.1) is 0 Å². The van der Waals surface area contributed by atoms with Gasteiger partial charge in [-0.05, 0) is 26.2 Å². The number of hydrogen-bond acceptors (Lipinski definition) is 3. The Morgan fingerprint density at radius 3 is 2.85 bits per heavy atom. The third kappa shape index (κ3) is 4.60. The molecular weight excluding hydrogens is 164 g/mol. The summed E-state index contributed by atoms with van der Waals surface area (Å²) in [7, 11) is 4.06. The number of aromatic nitrogens is 1. The van der Waals surface area contributed by atoms with Gasteiger partial charge in [-0.25, -0.2) is 0 Å². The lowest BCUT2D eigenvalue weighted by Crippen LogP contribution is -2.17. The topological polar surface area (TPSA) is 25.4 Å². The Balaban J connectivity index is 2.13. The van der Waals surface area contributed by atoms with E-state index in [4.69, 9.17) is 4.74 Å². The molecule has 0 aromatic carbocycles. The van der Waals surface area contributed by atoms with Crippen LogP contribution in [0.15, 0.2) is 24.4 Å². The normalized spacial score (nSPS) is 10.7. The van der Waals surface area contributed by atoms with Crippen molar-refractivity contribution in [1.82, 2.24) is 9.88 Å². The van der Waals surface area contributed by atoms with Crippen molar-refractivity contribution in [2.45, 2.75) is 6.61 Å². The first-order valence-corrected chi connectivity index (χ1v) is 4.41. The molecule has 0 aliphatic heterocycles. The molecular formula is C10H16N2O. The number of nitrogens with zero attached hydrogens (tertiary/aromatic N) is 2. The standard InChI is InChI=1S/C10H16N2O/c1-12(2)7-8-13-9-10-5-3-4-6-11-10/h3-6H,7-9H2,1-2H3. The highest BCUT2D eigenvalue weighted by atomic mass is 16.5. The van der Waals surface area contributed by atoms with Gasteiger partial charge in [-0.1, -0.05) is 6.07 Å². The Kier molecular flexibility index (Phi) is 4.43. The first-order chi connectivity index (χ1) is 6.29. The molecule has 0 saturated heterocycles. The zero-order chi connectivity index (χ0) is 9.52. The molecule has 0 aliphatic carbocycles. The molecule has 0 aliphatic rings. The van der Waals surface area contributed by atoms with Crippen LogP contribution in [0.5, 0.6) is 0 Å². The fourth-order valence-corrected chi connectivity index (χ4v) is 0.907. The van der Waals surface area contributed by atoms with E-state index in [1.54, 1.807) is 6.20 Å². The first kappa shape index (κ1) is 10.2. The lowest BCUT2D eigenvalue weighted by Gasteiger charge is -2.09. The summed E-state index contributed by atoms with van der Waals surface area (Å²) in [6.45, 7) is 2.31. The molecule has 1 heterocycles. The minimum Gasteiger partial charge on any atom is -0.374 e. The monoisotopic (exact) mass is 180 g/mol. The van der Waals surface area contributed by atoms with E-state index in [0.29, 0.717) is 6.61 Å². The lowest BCUT2D eigenvalue weighted by atomic mass is 10.4. The maximum Gasteiger partial charge on any atom is 0.0888 e. The summed E-state index contributed by atoms with van der Waals surface area (Å²) >= 11 is 0. The van der Waals surface area contributed by atoms with Crippen molar-refractivity contribution in [3.05, 3.63) is 30.1 Å². The van der Waals surface area contributed by atoms with E-state index in [0.717, 1.165) is 18.8 Å². The van der Waals surface area contributed by atoms with Gasteiger partial charge in [0.1, 0.15) is 0 Å². The van der Waals surface area contributed by atoms with Gasteiger partial charge < -0.3 is 9.64 Å². The quantitative estimate of drug-likeness (QED) is 0.636. The molecule has 72 valence electrons. The highest BCUT2D eigenvalue weighted by Gasteiger charge is 1.93. The van der Waals surface area contributed by atoms with E-state index in [2.05, 4.69) is 9.88 Å². The SMILES string of the molecule is CN(C)CCOCc1ccccn1. The van der Waals surface area contributed by atoms with Crippen molar-refractivity contribution in [2.24, 2.45) is 0 Å². The molecule has 3 nitrogen and oxygen atoms in total.